The van der Waals surface area contributed by atoms with Crippen molar-refractivity contribution < 1.29 is 9.66 Å². The molecule has 0 bridgehead atoms. The molecule has 0 saturated heterocycles. The third-order valence-electron chi connectivity index (χ3n) is 2.71. The maximum atomic E-state index is 10.6. The molecule has 0 amide bonds. The minimum atomic E-state index is -0.496. The first-order chi connectivity index (χ1) is 8.65. The number of hydrogen-bond acceptors (Lipinski definition) is 4. The lowest BCUT2D eigenvalue weighted by Crippen LogP contribution is -2.00. The Balaban J connectivity index is 2.35. The molecule has 1 rings (SSSR count). The molecule has 0 aromatic heterocycles. The van der Waals surface area contributed by atoms with E-state index in [-0.39, 0.29) is 11.4 Å². The van der Waals surface area contributed by atoms with E-state index >= 15 is 0 Å². The normalized spacial score (nSPS) is 10.3. The molecule has 0 unspecified atom stereocenters. The largest absolute Gasteiger partial charge is 0.494 e. The van der Waals surface area contributed by atoms with Gasteiger partial charge in [-0.05, 0) is 12.5 Å². The van der Waals surface area contributed by atoms with Crippen LogP contribution in [0.3, 0.4) is 0 Å². The number of benzene rings is 1. The third-order valence-corrected chi connectivity index (χ3v) is 2.71. The minimum Gasteiger partial charge on any atom is -0.494 e. The van der Waals surface area contributed by atoms with Gasteiger partial charge in [0, 0.05) is 12.1 Å². The van der Waals surface area contributed by atoms with E-state index in [0.717, 1.165) is 12.8 Å². The van der Waals surface area contributed by atoms with Crippen LogP contribution in [0.5, 0.6) is 5.75 Å². The van der Waals surface area contributed by atoms with Crippen molar-refractivity contribution in [1.29, 1.82) is 0 Å². The average molecular weight is 252 g/mol. The lowest BCUT2D eigenvalue weighted by atomic mass is 10.2. The van der Waals surface area contributed by atoms with E-state index in [0.29, 0.717) is 12.4 Å². The Bertz CT molecular complexity index is 394. The van der Waals surface area contributed by atoms with E-state index in [1.807, 2.05) is 0 Å². The summed E-state index contributed by atoms with van der Waals surface area (Å²) in [6.45, 7) is 2.80. The van der Waals surface area contributed by atoms with E-state index in [9.17, 15) is 10.1 Å². The highest BCUT2D eigenvalue weighted by Gasteiger charge is 2.11. The molecule has 2 N–H and O–H groups in total. The Morgan fingerprint density at radius 3 is 2.61 bits per heavy atom. The van der Waals surface area contributed by atoms with Gasteiger partial charge in [0.05, 0.1) is 11.5 Å². The highest BCUT2D eigenvalue weighted by Crippen LogP contribution is 2.26. The maximum absolute atomic E-state index is 10.6. The predicted molar refractivity (Wildman–Crippen MR) is 71.8 cm³/mol. The highest BCUT2D eigenvalue weighted by molar-refractivity contribution is 5.60. The quantitative estimate of drug-likeness (QED) is 0.332. The number of ether oxygens (including phenoxy) is 1. The van der Waals surface area contributed by atoms with Gasteiger partial charge < -0.3 is 10.5 Å². The number of nitrogens with two attached hydrogens (primary N) is 1. The van der Waals surface area contributed by atoms with Crippen LogP contribution in [-0.4, -0.2) is 11.5 Å². The molecule has 0 aliphatic rings. The summed E-state index contributed by atoms with van der Waals surface area (Å²) < 4.78 is 5.50. The summed E-state index contributed by atoms with van der Waals surface area (Å²) in [5.41, 5.74) is 5.63. The minimum absolute atomic E-state index is 0.0784. The molecule has 18 heavy (non-hydrogen) atoms. The number of nitrogen functional groups attached to an aromatic ring is 1. The molecule has 100 valence electrons. The Hall–Kier alpha value is -1.78. The van der Waals surface area contributed by atoms with Crippen LogP contribution in [0, 0.1) is 10.1 Å². The molecule has 0 aliphatic heterocycles. The van der Waals surface area contributed by atoms with Crippen molar-refractivity contribution in [1.82, 2.24) is 0 Å². The van der Waals surface area contributed by atoms with E-state index in [1.54, 1.807) is 6.07 Å². The van der Waals surface area contributed by atoms with Crippen LogP contribution in [0.2, 0.25) is 0 Å². The Morgan fingerprint density at radius 1 is 1.28 bits per heavy atom. The van der Waals surface area contributed by atoms with Crippen molar-refractivity contribution in [2.45, 2.75) is 39.0 Å². The Kier molecular flexibility index (Phi) is 5.97. The summed E-state index contributed by atoms with van der Waals surface area (Å²) in [6, 6.07) is 4.46. The number of nitro benzene ring substituents is 1. The third kappa shape index (κ3) is 4.61. The first-order valence-electron chi connectivity index (χ1n) is 6.32. The monoisotopic (exact) mass is 252 g/mol. The molecule has 1 aromatic carbocycles. The summed E-state index contributed by atoms with van der Waals surface area (Å²) >= 11 is 0. The molecular formula is C13H20N2O3. The summed E-state index contributed by atoms with van der Waals surface area (Å²) in [5.74, 6) is 0.591. The highest BCUT2D eigenvalue weighted by atomic mass is 16.6. The number of nitro groups is 1. The number of rotatable bonds is 8. The standard InChI is InChI=1S/C13H20N2O3/c1-2-3-4-5-6-9-18-11-7-8-13(15(16)17)12(14)10-11/h7-8,10H,2-6,9,14H2,1H3. The fraction of sp³-hybridized carbons (Fsp3) is 0.538. The van der Waals surface area contributed by atoms with E-state index < -0.39 is 4.92 Å². The van der Waals surface area contributed by atoms with Crippen LogP contribution in [-0.2, 0) is 0 Å². The first-order valence-corrected chi connectivity index (χ1v) is 6.32. The summed E-state index contributed by atoms with van der Waals surface area (Å²) in [7, 11) is 0. The topological polar surface area (TPSA) is 78.4 Å². The second kappa shape index (κ2) is 7.53. The second-order valence-electron chi connectivity index (χ2n) is 4.24. The molecule has 0 fully saturated rings. The van der Waals surface area contributed by atoms with Crippen molar-refractivity contribution in [2.24, 2.45) is 0 Å². The number of unbranched alkanes of at least 4 members (excludes halogenated alkanes) is 4. The van der Waals surface area contributed by atoms with Gasteiger partial charge in [-0.1, -0.05) is 32.6 Å². The molecule has 0 atom stereocenters. The zero-order valence-corrected chi connectivity index (χ0v) is 10.7. The van der Waals surface area contributed by atoms with Gasteiger partial charge in [-0.3, -0.25) is 10.1 Å². The van der Waals surface area contributed by atoms with Crippen LogP contribution in [0.1, 0.15) is 39.0 Å². The SMILES string of the molecule is CCCCCCCOc1ccc([N+](=O)[O-])c(N)c1. The zero-order valence-electron chi connectivity index (χ0n) is 10.7. The summed E-state index contributed by atoms with van der Waals surface area (Å²) in [6.07, 6.45) is 5.85. The summed E-state index contributed by atoms with van der Waals surface area (Å²) in [5, 5.41) is 10.6. The van der Waals surface area contributed by atoms with E-state index in [1.165, 1.54) is 31.4 Å². The van der Waals surface area contributed by atoms with Gasteiger partial charge in [-0.15, -0.1) is 0 Å². The molecule has 0 aliphatic carbocycles. The molecule has 5 heteroatoms. The second-order valence-corrected chi connectivity index (χ2v) is 4.24. The van der Waals surface area contributed by atoms with Gasteiger partial charge in [0.25, 0.3) is 5.69 Å². The molecule has 0 radical (unpaired) electrons. The molecule has 5 nitrogen and oxygen atoms in total. The lowest BCUT2D eigenvalue weighted by Gasteiger charge is -2.06. The number of hydrogen-bond donors (Lipinski definition) is 1. The van der Waals surface area contributed by atoms with Crippen LogP contribution in [0.25, 0.3) is 0 Å². The molecular weight excluding hydrogens is 232 g/mol. The fourth-order valence-corrected chi connectivity index (χ4v) is 1.68. The summed E-state index contributed by atoms with van der Waals surface area (Å²) in [4.78, 5) is 10.1. The number of nitrogens with zero attached hydrogens (tertiary/aromatic N) is 1. The van der Waals surface area contributed by atoms with Crippen molar-refractivity contribution in [2.75, 3.05) is 12.3 Å². The molecule has 0 heterocycles. The molecule has 1 aromatic rings. The van der Waals surface area contributed by atoms with Crippen molar-refractivity contribution in [3.8, 4) is 5.75 Å². The van der Waals surface area contributed by atoms with Crippen molar-refractivity contribution in [3.63, 3.8) is 0 Å². The van der Waals surface area contributed by atoms with Crippen LogP contribution in [0.15, 0.2) is 18.2 Å². The average Bonchev–Trinajstić information content (AvgIpc) is 2.33. The van der Waals surface area contributed by atoms with Gasteiger partial charge in [0.1, 0.15) is 11.4 Å². The van der Waals surface area contributed by atoms with E-state index in [4.69, 9.17) is 10.5 Å². The van der Waals surface area contributed by atoms with Crippen molar-refractivity contribution >= 4 is 11.4 Å². The van der Waals surface area contributed by atoms with Crippen LogP contribution >= 0.6 is 0 Å². The number of anilines is 1. The van der Waals surface area contributed by atoms with Gasteiger partial charge in [-0.25, -0.2) is 0 Å². The van der Waals surface area contributed by atoms with Crippen LogP contribution in [0.4, 0.5) is 11.4 Å². The van der Waals surface area contributed by atoms with Crippen LogP contribution < -0.4 is 10.5 Å². The zero-order chi connectivity index (χ0) is 13.4. The van der Waals surface area contributed by atoms with Gasteiger partial charge in [-0.2, -0.15) is 0 Å². The van der Waals surface area contributed by atoms with Gasteiger partial charge in [0.2, 0.25) is 0 Å². The molecule has 0 saturated carbocycles. The van der Waals surface area contributed by atoms with Gasteiger partial charge in [0.15, 0.2) is 0 Å². The van der Waals surface area contributed by atoms with Crippen molar-refractivity contribution in [3.05, 3.63) is 28.3 Å². The Labute approximate surface area is 107 Å². The molecule has 0 spiro atoms. The predicted octanol–water partition coefficient (Wildman–Crippen LogP) is 3.53. The smallest absolute Gasteiger partial charge is 0.292 e. The fourth-order valence-electron chi connectivity index (χ4n) is 1.68. The first kappa shape index (κ1) is 14.3. The Morgan fingerprint density at radius 2 is 2.00 bits per heavy atom. The maximum Gasteiger partial charge on any atom is 0.292 e. The van der Waals surface area contributed by atoms with Gasteiger partial charge >= 0.3 is 0 Å². The van der Waals surface area contributed by atoms with E-state index in [2.05, 4.69) is 6.92 Å². The lowest BCUT2D eigenvalue weighted by molar-refractivity contribution is -0.383.